The predicted octanol–water partition coefficient (Wildman–Crippen LogP) is 1.09. The van der Waals surface area contributed by atoms with Gasteiger partial charge in [-0.3, -0.25) is 0 Å². The standard InChI is InChI=1S/C11H12N2O2S/c12-8-10-4-1-2-5-11(10)9-13-6-3-7-16(13,14)15/h1-2,4-5H,3,6-7,9H2. The van der Waals surface area contributed by atoms with Gasteiger partial charge in [-0.15, -0.1) is 0 Å². The average molecular weight is 236 g/mol. The molecule has 5 heteroatoms. The summed E-state index contributed by atoms with van der Waals surface area (Å²) >= 11 is 0. The van der Waals surface area contributed by atoms with E-state index in [1.807, 2.05) is 6.07 Å². The van der Waals surface area contributed by atoms with Crippen LogP contribution in [0, 0.1) is 11.3 Å². The highest BCUT2D eigenvalue weighted by atomic mass is 32.2. The summed E-state index contributed by atoms with van der Waals surface area (Å²) in [5.74, 6) is 0.224. The van der Waals surface area contributed by atoms with Crippen LogP contribution in [0.4, 0.5) is 0 Å². The third kappa shape index (κ3) is 2.08. The molecule has 1 aromatic carbocycles. The Labute approximate surface area is 95.2 Å². The van der Waals surface area contributed by atoms with Crippen LogP contribution in [0.3, 0.4) is 0 Å². The van der Waals surface area contributed by atoms with Gasteiger partial charge in [-0.05, 0) is 18.1 Å². The quantitative estimate of drug-likeness (QED) is 0.772. The molecule has 0 unspecified atom stereocenters. The van der Waals surface area contributed by atoms with Crippen LogP contribution in [0.5, 0.6) is 0 Å². The van der Waals surface area contributed by atoms with Gasteiger partial charge in [0.25, 0.3) is 0 Å². The highest BCUT2D eigenvalue weighted by molar-refractivity contribution is 7.89. The molecule has 0 radical (unpaired) electrons. The van der Waals surface area contributed by atoms with Gasteiger partial charge in [-0.2, -0.15) is 9.57 Å². The number of hydrogen-bond acceptors (Lipinski definition) is 3. The second-order valence-electron chi connectivity index (χ2n) is 3.77. The van der Waals surface area contributed by atoms with Crippen molar-refractivity contribution >= 4 is 10.0 Å². The van der Waals surface area contributed by atoms with Gasteiger partial charge in [0.05, 0.1) is 17.4 Å². The molecule has 1 heterocycles. The zero-order valence-corrected chi connectivity index (χ0v) is 9.57. The maximum absolute atomic E-state index is 11.6. The Balaban J connectivity index is 2.25. The maximum atomic E-state index is 11.6. The lowest BCUT2D eigenvalue weighted by Crippen LogP contribution is -2.25. The Bertz CT molecular complexity index is 531. The molecule has 84 valence electrons. The zero-order chi connectivity index (χ0) is 11.6. The van der Waals surface area contributed by atoms with E-state index in [9.17, 15) is 8.42 Å². The molecule has 4 nitrogen and oxygen atoms in total. The van der Waals surface area contributed by atoms with Gasteiger partial charge >= 0.3 is 0 Å². The molecule has 0 aromatic heterocycles. The van der Waals surface area contributed by atoms with E-state index >= 15 is 0 Å². The molecule has 0 amide bonds. The van der Waals surface area contributed by atoms with Gasteiger partial charge in [-0.25, -0.2) is 8.42 Å². The van der Waals surface area contributed by atoms with Crippen molar-refractivity contribution in [2.45, 2.75) is 13.0 Å². The molecular formula is C11H12N2O2S. The number of benzene rings is 1. The van der Waals surface area contributed by atoms with Crippen LogP contribution >= 0.6 is 0 Å². The second kappa shape index (κ2) is 4.24. The number of nitriles is 1. The molecule has 0 atom stereocenters. The van der Waals surface area contributed by atoms with Crippen molar-refractivity contribution < 1.29 is 8.42 Å². The molecule has 0 spiro atoms. The third-order valence-corrected chi connectivity index (χ3v) is 4.59. The van der Waals surface area contributed by atoms with E-state index in [4.69, 9.17) is 5.26 Å². The van der Waals surface area contributed by atoms with Crippen molar-refractivity contribution in [3.8, 4) is 6.07 Å². The summed E-state index contributed by atoms with van der Waals surface area (Å²) in [6.07, 6.45) is 0.678. The fourth-order valence-electron chi connectivity index (χ4n) is 1.83. The number of nitrogens with zero attached hydrogens (tertiary/aromatic N) is 2. The molecule has 0 N–H and O–H groups in total. The largest absolute Gasteiger partial charge is 0.214 e. The van der Waals surface area contributed by atoms with Crippen molar-refractivity contribution in [3.63, 3.8) is 0 Å². The third-order valence-electron chi connectivity index (χ3n) is 2.69. The van der Waals surface area contributed by atoms with E-state index in [1.54, 1.807) is 18.2 Å². The molecule has 0 saturated carbocycles. The Morgan fingerprint density at radius 2 is 2.12 bits per heavy atom. The number of sulfonamides is 1. The van der Waals surface area contributed by atoms with Crippen LogP contribution in [0.15, 0.2) is 24.3 Å². The van der Waals surface area contributed by atoms with Crippen molar-refractivity contribution in [1.82, 2.24) is 4.31 Å². The summed E-state index contributed by atoms with van der Waals surface area (Å²) in [4.78, 5) is 0. The smallest absolute Gasteiger partial charge is 0.212 e. The molecule has 1 aliphatic heterocycles. The maximum Gasteiger partial charge on any atom is 0.214 e. The summed E-state index contributed by atoms with van der Waals surface area (Å²) in [6, 6.07) is 9.18. The Morgan fingerprint density at radius 3 is 2.75 bits per heavy atom. The van der Waals surface area contributed by atoms with E-state index in [-0.39, 0.29) is 5.75 Å². The SMILES string of the molecule is N#Cc1ccccc1CN1CCCS1(=O)=O. The minimum Gasteiger partial charge on any atom is -0.212 e. The van der Waals surface area contributed by atoms with E-state index < -0.39 is 10.0 Å². The average Bonchev–Trinajstić information content (AvgIpc) is 2.59. The van der Waals surface area contributed by atoms with Crippen LogP contribution in [-0.4, -0.2) is 25.0 Å². The molecular weight excluding hydrogens is 224 g/mol. The van der Waals surface area contributed by atoms with Crippen LogP contribution in [-0.2, 0) is 16.6 Å². The number of rotatable bonds is 2. The molecule has 1 fully saturated rings. The van der Waals surface area contributed by atoms with Crippen LogP contribution in [0.2, 0.25) is 0 Å². The van der Waals surface area contributed by atoms with Crippen LogP contribution in [0.1, 0.15) is 17.5 Å². The molecule has 1 aliphatic rings. The first-order valence-electron chi connectivity index (χ1n) is 5.09. The lowest BCUT2D eigenvalue weighted by Gasteiger charge is -2.14. The molecule has 0 aliphatic carbocycles. The minimum absolute atomic E-state index is 0.224. The van der Waals surface area contributed by atoms with Crippen molar-refractivity contribution in [2.75, 3.05) is 12.3 Å². The Kier molecular flexibility index (Phi) is 2.95. The molecule has 0 bridgehead atoms. The van der Waals surface area contributed by atoms with Gasteiger partial charge < -0.3 is 0 Å². The molecule has 16 heavy (non-hydrogen) atoms. The molecule has 1 saturated heterocycles. The monoisotopic (exact) mass is 236 g/mol. The first-order valence-corrected chi connectivity index (χ1v) is 6.70. The Hall–Kier alpha value is -1.38. The summed E-state index contributed by atoms with van der Waals surface area (Å²) < 4.78 is 24.7. The second-order valence-corrected chi connectivity index (χ2v) is 5.86. The summed E-state index contributed by atoms with van der Waals surface area (Å²) in [7, 11) is -3.09. The van der Waals surface area contributed by atoms with Crippen LogP contribution in [0.25, 0.3) is 0 Å². The lowest BCUT2D eigenvalue weighted by atomic mass is 10.1. The predicted molar refractivity (Wildman–Crippen MR) is 60.0 cm³/mol. The van der Waals surface area contributed by atoms with Crippen LogP contribution < -0.4 is 0 Å². The zero-order valence-electron chi connectivity index (χ0n) is 8.76. The van der Waals surface area contributed by atoms with Crippen molar-refractivity contribution in [2.24, 2.45) is 0 Å². The fraction of sp³-hybridized carbons (Fsp3) is 0.364. The van der Waals surface area contributed by atoms with E-state index in [1.165, 1.54) is 4.31 Å². The minimum atomic E-state index is -3.09. The van der Waals surface area contributed by atoms with E-state index in [2.05, 4.69) is 6.07 Å². The van der Waals surface area contributed by atoms with E-state index in [0.29, 0.717) is 25.1 Å². The summed E-state index contributed by atoms with van der Waals surface area (Å²) in [5.41, 5.74) is 1.32. The molecule has 2 rings (SSSR count). The first-order chi connectivity index (χ1) is 7.63. The first kappa shape index (κ1) is 11.1. The summed E-state index contributed by atoms with van der Waals surface area (Å²) in [5, 5.41) is 8.90. The van der Waals surface area contributed by atoms with E-state index in [0.717, 1.165) is 5.56 Å². The van der Waals surface area contributed by atoms with Gasteiger partial charge in [0, 0.05) is 13.1 Å². The number of hydrogen-bond donors (Lipinski definition) is 0. The van der Waals surface area contributed by atoms with Crippen molar-refractivity contribution in [1.29, 1.82) is 5.26 Å². The Morgan fingerprint density at radius 1 is 1.38 bits per heavy atom. The molecule has 1 aromatic rings. The highest BCUT2D eigenvalue weighted by Gasteiger charge is 2.28. The fourth-order valence-corrected chi connectivity index (χ4v) is 3.32. The van der Waals surface area contributed by atoms with Gasteiger partial charge in [-0.1, -0.05) is 18.2 Å². The van der Waals surface area contributed by atoms with Gasteiger partial charge in [0.1, 0.15) is 0 Å². The van der Waals surface area contributed by atoms with Gasteiger partial charge in [0.15, 0.2) is 0 Å². The topological polar surface area (TPSA) is 61.2 Å². The van der Waals surface area contributed by atoms with Crippen molar-refractivity contribution in [3.05, 3.63) is 35.4 Å². The normalized spacial score (nSPS) is 19.4. The van der Waals surface area contributed by atoms with Gasteiger partial charge in [0.2, 0.25) is 10.0 Å². The highest BCUT2D eigenvalue weighted by Crippen LogP contribution is 2.18. The summed E-state index contributed by atoms with van der Waals surface area (Å²) in [6.45, 7) is 0.869. The lowest BCUT2D eigenvalue weighted by molar-refractivity contribution is 0.439.